The molecule has 2 atom stereocenters. The van der Waals surface area contributed by atoms with Crippen molar-refractivity contribution in [2.75, 3.05) is 10.6 Å². The molecule has 1 amide bonds. The fourth-order valence-corrected chi connectivity index (χ4v) is 3.79. The summed E-state index contributed by atoms with van der Waals surface area (Å²) in [6.45, 7) is 4.25. The van der Waals surface area contributed by atoms with Crippen molar-refractivity contribution >= 4 is 23.2 Å². The van der Waals surface area contributed by atoms with E-state index in [4.69, 9.17) is 11.5 Å². The fourth-order valence-electron chi connectivity index (χ4n) is 3.79. The number of nitrogens with one attached hydrogen (secondary N) is 2. The molecule has 0 aliphatic rings. The summed E-state index contributed by atoms with van der Waals surface area (Å²) in [4.78, 5) is 22.0. The first-order valence-electron chi connectivity index (χ1n) is 11.5. The molecule has 0 saturated heterocycles. The lowest BCUT2D eigenvalue weighted by Gasteiger charge is -2.25. The van der Waals surface area contributed by atoms with Crippen LogP contribution >= 0.6 is 0 Å². The zero-order chi connectivity index (χ0) is 27.6. The first-order valence-corrected chi connectivity index (χ1v) is 11.5. The minimum Gasteiger partial charge on any atom is -0.365 e. The predicted octanol–water partition coefficient (Wildman–Crippen LogP) is 3.96. The molecular weight excluding hydrogens is 499 g/mol. The number of pyridine rings is 2. The van der Waals surface area contributed by atoms with E-state index in [9.17, 15) is 13.6 Å². The van der Waals surface area contributed by atoms with Gasteiger partial charge in [-0.1, -0.05) is 24.3 Å². The second-order valence-corrected chi connectivity index (χ2v) is 8.84. The van der Waals surface area contributed by atoms with Gasteiger partial charge in [0.2, 0.25) is 0 Å². The van der Waals surface area contributed by atoms with Crippen LogP contribution in [-0.2, 0) is 5.92 Å². The maximum Gasteiger partial charge on any atom is 0.270 e. The first-order chi connectivity index (χ1) is 17.9. The molecule has 3 heterocycles. The molecule has 0 unspecified atom stereocenters. The quantitative estimate of drug-likeness (QED) is 0.257. The second kappa shape index (κ2) is 10.5. The molecule has 10 nitrogen and oxygen atoms in total. The highest BCUT2D eigenvalue weighted by Crippen LogP contribution is 2.31. The van der Waals surface area contributed by atoms with Crippen molar-refractivity contribution in [2.45, 2.75) is 38.8 Å². The Morgan fingerprint density at radius 1 is 1.11 bits per heavy atom. The van der Waals surface area contributed by atoms with Crippen LogP contribution in [0.1, 0.15) is 47.1 Å². The van der Waals surface area contributed by atoms with Gasteiger partial charge in [-0.2, -0.15) is 10.2 Å². The van der Waals surface area contributed by atoms with Crippen LogP contribution in [0.25, 0.3) is 5.69 Å². The molecule has 0 aliphatic carbocycles. The Hall–Kier alpha value is -4.52. The highest BCUT2D eigenvalue weighted by molar-refractivity contribution is 5.98. The average molecular weight is 526 g/mol. The largest absolute Gasteiger partial charge is 0.365 e. The van der Waals surface area contributed by atoms with E-state index >= 15 is 4.39 Å². The summed E-state index contributed by atoms with van der Waals surface area (Å²) < 4.78 is 42.3. The van der Waals surface area contributed by atoms with Crippen molar-refractivity contribution in [1.82, 2.24) is 25.0 Å². The number of nitrogens with two attached hydrogens (primary N) is 2. The molecule has 4 rings (SSSR count). The lowest BCUT2D eigenvalue weighted by Crippen LogP contribution is -2.31. The first kappa shape index (κ1) is 26.5. The molecule has 6 N–H and O–H groups in total. The summed E-state index contributed by atoms with van der Waals surface area (Å²) in [5.41, 5.74) is 13.4. The van der Waals surface area contributed by atoms with Crippen LogP contribution in [0.2, 0.25) is 0 Å². The van der Waals surface area contributed by atoms with E-state index in [2.05, 4.69) is 30.8 Å². The van der Waals surface area contributed by atoms with E-state index in [1.165, 1.54) is 47.7 Å². The summed E-state index contributed by atoms with van der Waals surface area (Å²) in [7, 11) is 0. The van der Waals surface area contributed by atoms with Gasteiger partial charge in [-0.25, -0.2) is 18.2 Å². The number of anilines is 3. The molecule has 4 aromatic rings. The molecule has 1 aromatic carbocycles. The molecule has 0 bridgehead atoms. The van der Waals surface area contributed by atoms with E-state index in [1.54, 1.807) is 19.9 Å². The number of alkyl halides is 2. The molecule has 3 aromatic heterocycles. The smallest absolute Gasteiger partial charge is 0.270 e. The van der Waals surface area contributed by atoms with Crippen LogP contribution in [0.3, 0.4) is 0 Å². The van der Waals surface area contributed by atoms with Gasteiger partial charge in [-0.05, 0) is 31.5 Å². The average Bonchev–Trinajstić information content (AvgIpc) is 3.39. The van der Waals surface area contributed by atoms with Gasteiger partial charge in [-0.15, -0.1) is 4.80 Å². The third kappa shape index (κ3) is 5.72. The van der Waals surface area contributed by atoms with Gasteiger partial charge >= 0.3 is 0 Å². The maximum absolute atomic E-state index is 15.1. The van der Waals surface area contributed by atoms with E-state index in [-0.39, 0.29) is 22.8 Å². The van der Waals surface area contributed by atoms with Gasteiger partial charge in [0.05, 0.1) is 41.6 Å². The highest BCUT2D eigenvalue weighted by Gasteiger charge is 2.26. The van der Waals surface area contributed by atoms with Crippen LogP contribution in [-0.4, -0.2) is 36.9 Å². The van der Waals surface area contributed by atoms with Gasteiger partial charge in [0.25, 0.3) is 11.8 Å². The summed E-state index contributed by atoms with van der Waals surface area (Å²) in [6, 6.07) is 6.93. The maximum atomic E-state index is 15.1. The molecule has 0 fully saturated rings. The molecule has 0 aliphatic heterocycles. The van der Waals surface area contributed by atoms with Crippen molar-refractivity contribution in [3.63, 3.8) is 0 Å². The Morgan fingerprint density at radius 2 is 1.76 bits per heavy atom. The van der Waals surface area contributed by atoms with Crippen LogP contribution in [0.5, 0.6) is 0 Å². The minimum absolute atomic E-state index is 0.0316. The number of halogens is 3. The standard InChI is InChI=1S/C25H26F3N9O/c1-13(29)21(15-4-6-16(7-5-15)25(3,27)28)35-24-19(26)11-18(22(30)38)23(36-24)34-17-10-20(14(2)31-12-17)37-32-8-9-33-37/h4-13,21H,29H2,1-3H3,(H2,30,38)(H2,34,35,36)/t13-,21-/m0/s1. The molecule has 0 spiro atoms. The van der Waals surface area contributed by atoms with Gasteiger partial charge in [-0.3, -0.25) is 9.78 Å². The number of rotatable bonds is 9. The van der Waals surface area contributed by atoms with Crippen molar-refractivity contribution in [3.8, 4) is 5.69 Å². The molecule has 0 saturated carbocycles. The zero-order valence-corrected chi connectivity index (χ0v) is 20.8. The number of hydrogen-bond acceptors (Lipinski definition) is 8. The number of primary amides is 1. The summed E-state index contributed by atoms with van der Waals surface area (Å²) in [6.07, 6.45) is 4.53. The summed E-state index contributed by atoms with van der Waals surface area (Å²) in [5, 5.41) is 14.1. The molecule has 13 heteroatoms. The lowest BCUT2D eigenvalue weighted by atomic mass is 9.98. The van der Waals surface area contributed by atoms with Crippen LogP contribution in [0.15, 0.2) is 55.0 Å². The van der Waals surface area contributed by atoms with E-state index in [1.807, 2.05) is 0 Å². The fraction of sp³-hybridized carbons (Fsp3) is 0.240. The van der Waals surface area contributed by atoms with Gasteiger partial charge in [0.15, 0.2) is 11.6 Å². The number of benzene rings is 1. The van der Waals surface area contributed by atoms with Crippen LogP contribution < -0.4 is 22.1 Å². The normalized spacial score (nSPS) is 13.1. The third-order valence-electron chi connectivity index (χ3n) is 5.79. The number of hydrogen-bond donors (Lipinski definition) is 4. The number of amides is 1. The monoisotopic (exact) mass is 525 g/mol. The Bertz CT molecular complexity index is 1440. The van der Waals surface area contributed by atoms with Crippen LogP contribution in [0, 0.1) is 12.7 Å². The molecule has 38 heavy (non-hydrogen) atoms. The van der Waals surface area contributed by atoms with E-state index < -0.39 is 29.7 Å². The van der Waals surface area contributed by atoms with Gasteiger partial charge in [0.1, 0.15) is 11.5 Å². The Kier molecular flexibility index (Phi) is 7.30. The minimum atomic E-state index is -3.01. The number of carbonyl (C=O) groups excluding carboxylic acids is 1. The topological polar surface area (TPSA) is 150 Å². The van der Waals surface area contributed by atoms with Gasteiger partial charge < -0.3 is 22.1 Å². The number of carbonyl (C=O) groups is 1. The van der Waals surface area contributed by atoms with Gasteiger partial charge in [0, 0.05) is 18.5 Å². The molecule has 198 valence electrons. The Morgan fingerprint density at radius 3 is 2.34 bits per heavy atom. The van der Waals surface area contributed by atoms with Crippen molar-refractivity contribution in [3.05, 3.63) is 83.2 Å². The number of aryl methyl sites for hydroxylation is 1. The number of nitrogens with zero attached hydrogens (tertiary/aromatic N) is 5. The lowest BCUT2D eigenvalue weighted by molar-refractivity contribution is 0.0174. The highest BCUT2D eigenvalue weighted by atomic mass is 19.3. The van der Waals surface area contributed by atoms with Crippen LogP contribution in [0.4, 0.5) is 30.5 Å². The molecular formula is C25H26F3N9O. The molecule has 0 radical (unpaired) electrons. The van der Waals surface area contributed by atoms with E-state index in [0.717, 1.165) is 13.0 Å². The summed E-state index contributed by atoms with van der Waals surface area (Å²) in [5.74, 6) is -5.02. The Balaban J connectivity index is 1.69. The number of aromatic nitrogens is 5. The Labute approximate surface area is 216 Å². The van der Waals surface area contributed by atoms with Crippen molar-refractivity contribution in [2.24, 2.45) is 11.5 Å². The SMILES string of the molecule is Cc1ncc(Nc2nc(N[C@H](c3ccc(C(C)(F)F)cc3)[C@H](C)N)c(F)cc2C(N)=O)cc1-n1nccn1. The predicted molar refractivity (Wildman–Crippen MR) is 136 cm³/mol. The second-order valence-electron chi connectivity index (χ2n) is 8.84. The van der Waals surface area contributed by atoms with E-state index in [0.29, 0.717) is 22.6 Å². The third-order valence-corrected chi connectivity index (χ3v) is 5.79. The van der Waals surface area contributed by atoms with Crippen molar-refractivity contribution < 1.29 is 18.0 Å². The zero-order valence-electron chi connectivity index (χ0n) is 20.8. The summed E-state index contributed by atoms with van der Waals surface area (Å²) >= 11 is 0. The van der Waals surface area contributed by atoms with Crippen molar-refractivity contribution in [1.29, 1.82) is 0 Å².